The quantitative estimate of drug-likeness (QED) is 0.161. The number of benzene rings is 13. The summed E-state index contributed by atoms with van der Waals surface area (Å²) in [5.41, 5.74) is 22.3. The van der Waals surface area contributed by atoms with Crippen molar-refractivity contribution in [2.24, 2.45) is 0 Å². The van der Waals surface area contributed by atoms with E-state index in [1.807, 2.05) is 34.9 Å². The van der Waals surface area contributed by atoms with E-state index in [0.29, 0.717) is 0 Å². The SMILES string of the molecule is O=P(c1ccc2ccccc2c1)(c1ccc2cc(-c3cccc4c3-c3ccccc3C43c4cc(-c5cccc6cccnc56)ccc4-c4sc5ccccc5c43)ccc2c1)c1cccc2c1-c1sc3ccccc3c1C21c2ccccc2-c2ccccc21. The van der Waals surface area contributed by atoms with Gasteiger partial charge in [-0.15, -0.1) is 22.7 Å². The molecule has 2 spiro atoms. The molecule has 2 atom stereocenters. The fraction of sp³-hybridized carbons (Fsp3) is 0.0241. The van der Waals surface area contributed by atoms with Crippen molar-refractivity contribution in [2.75, 3.05) is 0 Å². The van der Waals surface area contributed by atoms with Crippen molar-refractivity contribution < 1.29 is 4.57 Å². The van der Waals surface area contributed by atoms with E-state index in [0.717, 1.165) is 65.1 Å². The summed E-state index contributed by atoms with van der Waals surface area (Å²) in [5.74, 6) is 0. The molecule has 0 aliphatic heterocycles. The van der Waals surface area contributed by atoms with E-state index in [-0.39, 0.29) is 0 Å². The predicted octanol–water partition coefficient (Wildman–Crippen LogP) is 20.6. The highest BCUT2D eigenvalue weighted by molar-refractivity contribution is 7.85. The third-order valence-electron chi connectivity index (χ3n) is 20.2. The second kappa shape index (κ2) is 17.8. The van der Waals surface area contributed by atoms with Gasteiger partial charge in [-0.1, -0.05) is 243 Å². The van der Waals surface area contributed by atoms with Crippen molar-refractivity contribution in [1.82, 2.24) is 4.98 Å². The topological polar surface area (TPSA) is 30.0 Å². The first kappa shape index (κ1) is 49.1. The lowest BCUT2D eigenvalue weighted by molar-refractivity contribution is 0.592. The van der Waals surface area contributed by atoms with Crippen molar-refractivity contribution in [3.63, 3.8) is 0 Å². The van der Waals surface area contributed by atoms with Gasteiger partial charge in [0.25, 0.3) is 0 Å². The highest BCUT2D eigenvalue weighted by atomic mass is 32.1. The summed E-state index contributed by atoms with van der Waals surface area (Å²) in [7, 11) is -3.68. The van der Waals surface area contributed by atoms with E-state index in [2.05, 4.69) is 279 Å². The lowest BCUT2D eigenvalue weighted by Crippen LogP contribution is -2.29. The third-order valence-corrected chi connectivity index (χ3v) is 25.6. The van der Waals surface area contributed by atoms with E-state index in [1.54, 1.807) is 0 Å². The normalized spacial score (nSPS) is 15.8. The van der Waals surface area contributed by atoms with Gasteiger partial charge >= 0.3 is 0 Å². The Bertz CT molecular complexity index is 5790. The molecule has 0 fully saturated rings. The van der Waals surface area contributed by atoms with Crippen molar-refractivity contribution in [3.8, 4) is 65.4 Å². The van der Waals surface area contributed by atoms with Gasteiger partial charge in [0, 0.05) is 57.8 Å². The molecule has 4 aliphatic carbocycles. The first-order valence-electron chi connectivity index (χ1n) is 30.3. The molecule has 20 rings (SSSR count). The van der Waals surface area contributed by atoms with Crippen LogP contribution < -0.4 is 15.9 Å². The Morgan fingerprint density at radius 3 is 1.57 bits per heavy atom. The molecule has 3 heterocycles. The molecular weight excluding hydrogens is 1120 g/mol. The minimum absolute atomic E-state index is 0.575. The van der Waals surface area contributed by atoms with Crippen LogP contribution in [0, 0.1) is 0 Å². The fourth-order valence-corrected chi connectivity index (χ4v) is 22.3. The molecule has 5 heteroatoms. The summed E-state index contributed by atoms with van der Waals surface area (Å²) in [5, 5.41) is 10.6. The van der Waals surface area contributed by atoms with Crippen molar-refractivity contribution in [3.05, 3.63) is 336 Å². The van der Waals surface area contributed by atoms with Gasteiger partial charge in [-0.3, -0.25) is 4.98 Å². The molecule has 4 aliphatic rings. The van der Waals surface area contributed by atoms with Crippen LogP contribution >= 0.6 is 29.8 Å². The Morgan fingerprint density at radius 1 is 0.318 bits per heavy atom. The van der Waals surface area contributed by atoms with Crippen LogP contribution in [0.1, 0.15) is 44.5 Å². The highest BCUT2D eigenvalue weighted by Gasteiger charge is 2.56. The van der Waals surface area contributed by atoms with E-state index in [4.69, 9.17) is 4.98 Å². The van der Waals surface area contributed by atoms with Gasteiger partial charge in [0.05, 0.1) is 16.3 Å². The number of rotatable bonds is 5. The maximum Gasteiger partial charge on any atom is 0.171 e. The third kappa shape index (κ3) is 6.17. The van der Waals surface area contributed by atoms with Gasteiger partial charge in [-0.05, 0) is 164 Å². The molecule has 0 amide bonds. The summed E-state index contributed by atoms with van der Waals surface area (Å²) >= 11 is 3.76. The first-order chi connectivity index (χ1) is 43.5. The standard InChI is InChI=1S/C83H48NOPS2/c85-86(56-41-38-49-17-1-2-18-51(49)46-56,72-33-15-32-70-76(72)81-78(65-25-7-12-35-74(65)88-81)82(70)66-28-8-3-21-60(66)61-22-4-9-29-67(61)82)57-42-39-52-45-54(37-36-53(52)47-57)58-26-14-31-69-75(58)62-23-5-10-30-68(62)83(69)71-48-55(59-27-13-19-50-20-16-44-84-79(50)59)40-43-63(71)80-77(83)64-24-6-11-34-73(64)87-80/h1-48H. The summed E-state index contributed by atoms with van der Waals surface area (Å²) in [6.45, 7) is 0. The van der Waals surface area contributed by atoms with E-state index in [9.17, 15) is 0 Å². The zero-order valence-electron chi connectivity index (χ0n) is 47.3. The number of thiophene rings is 2. The van der Waals surface area contributed by atoms with E-state index in [1.165, 1.54) is 113 Å². The molecule has 0 saturated carbocycles. The average molecular weight is 1170 g/mol. The van der Waals surface area contributed by atoms with Crippen LogP contribution in [0.5, 0.6) is 0 Å². The Labute approximate surface area is 516 Å². The minimum Gasteiger partial charge on any atom is -0.309 e. The summed E-state index contributed by atoms with van der Waals surface area (Å²) in [6.07, 6.45) is 1.91. The Kier molecular flexibility index (Phi) is 9.92. The molecule has 0 radical (unpaired) electrons. The Hall–Kier alpha value is -10.1. The molecule has 16 aromatic rings. The Morgan fingerprint density at radius 2 is 0.807 bits per heavy atom. The van der Waals surface area contributed by atoms with E-state index >= 15 is 4.57 Å². The summed E-state index contributed by atoms with van der Waals surface area (Å²) in [6, 6.07) is 105. The van der Waals surface area contributed by atoms with Gasteiger partial charge in [-0.2, -0.15) is 0 Å². The maximum atomic E-state index is 17.8. The highest BCUT2D eigenvalue weighted by Crippen LogP contribution is 2.69. The minimum atomic E-state index is -3.68. The van der Waals surface area contributed by atoms with Gasteiger partial charge in [-0.25, -0.2) is 0 Å². The van der Waals surface area contributed by atoms with Gasteiger partial charge < -0.3 is 4.57 Å². The largest absolute Gasteiger partial charge is 0.309 e. The second-order valence-corrected chi connectivity index (χ2v) is 29.0. The smallest absolute Gasteiger partial charge is 0.171 e. The molecule has 13 aromatic carbocycles. The predicted molar refractivity (Wildman–Crippen MR) is 370 cm³/mol. The average Bonchev–Trinajstić information content (AvgIpc) is 1.51. The first-order valence-corrected chi connectivity index (χ1v) is 33.6. The van der Waals surface area contributed by atoms with Crippen molar-refractivity contribution in [1.29, 1.82) is 0 Å². The van der Waals surface area contributed by atoms with Gasteiger partial charge in [0.2, 0.25) is 0 Å². The Balaban J connectivity index is 0.789. The van der Waals surface area contributed by atoms with Crippen LogP contribution in [0.2, 0.25) is 0 Å². The molecular formula is C83H48NOPS2. The van der Waals surface area contributed by atoms with Crippen LogP contribution in [-0.4, -0.2) is 4.98 Å². The van der Waals surface area contributed by atoms with Crippen molar-refractivity contribution >= 4 is 98.3 Å². The second-order valence-electron chi connectivity index (χ2n) is 24.2. The lowest BCUT2D eigenvalue weighted by atomic mass is 9.69. The summed E-state index contributed by atoms with van der Waals surface area (Å²) < 4.78 is 20.4. The number of aromatic nitrogens is 1. The van der Waals surface area contributed by atoms with Crippen LogP contribution in [-0.2, 0) is 15.4 Å². The molecule has 2 unspecified atom stereocenters. The number of para-hydroxylation sites is 1. The van der Waals surface area contributed by atoms with Crippen LogP contribution in [0.15, 0.2) is 291 Å². The maximum absolute atomic E-state index is 17.8. The van der Waals surface area contributed by atoms with Crippen LogP contribution in [0.25, 0.3) is 118 Å². The number of pyridine rings is 1. The molecule has 88 heavy (non-hydrogen) atoms. The lowest BCUT2D eigenvalue weighted by Gasteiger charge is -2.31. The van der Waals surface area contributed by atoms with Crippen LogP contribution in [0.3, 0.4) is 0 Å². The molecule has 0 bridgehead atoms. The number of fused-ring (bicyclic) bond motifs is 27. The summed E-state index contributed by atoms with van der Waals surface area (Å²) in [4.78, 5) is 7.49. The van der Waals surface area contributed by atoms with Gasteiger partial charge in [0.1, 0.15) is 0 Å². The molecule has 0 saturated heterocycles. The molecule has 408 valence electrons. The molecule has 0 N–H and O–H groups in total. The van der Waals surface area contributed by atoms with Crippen LogP contribution in [0.4, 0.5) is 0 Å². The number of nitrogens with zero attached hydrogens (tertiary/aromatic N) is 1. The van der Waals surface area contributed by atoms with Gasteiger partial charge in [0.15, 0.2) is 7.14 Å². The molecule has 2 nitrogen and oxygen atoms in total. The number of hydrogen-bond donors (Lipinski definition) is 0. The van der Waals surface area contributed by atoms with E-state index < -0.39 is 18.0 Å². The number of hydrogen-bond acceptors (Lipinski definition) is 4. The zero-order chi connectivity index (χ0) is 57.6. The zero-order valence-corrected chi connectivity index (χ0v) is 49.9. The van der Waals surface area contributed by atoms with Crippen molar-refractivity contribution in [2.45, 2.75) is 10.8 Å². The fourth-order valence-electron chi connectivity index (χ4n) is 16.7. The molecule has 3 aromatic heterocycles. The monoisotopic (exact) mass is 1170 g/mol.